The van der Waals surface area contributed by atoms with Crippen LogP contribution in [-0.2, 0) is 9.59 Å². The molecule has 2 aliphatic rings. The molecular weight excluding hydrogens is 192 g/mol. The first-order valence-corrected chi connectivity index (χ1v) is 5.77. The van der Waals surface area contributed by atoms with Crippen molar-refractivity contribution in [1.82, 2.24) is 10.6 Å². The summed E-state index contributed by atoms with van der Waals surface area (Å²) in [5, 5.41) is 5.69. The van der Waals surface area contributed by atoms with Gasteiger partial charge < -0.3 is 10.6 Å². The van der Waals surface area contributed by atoms with E-state index in [1.807, 2.05) is 0 Å². The Morgan fingerprint density at radius 2 is 1.73 bits per heavy atom. The second-order valence-corrected chi connectivity index (χ2v) is 4.68. The van der Waals surface area contributed by atoms with Gasteiger partial charge in [0.25, 0.3) is 0 Å². The molecule has 84 valence electrons. The average Bonchev–Trinajstić information content (AvgIpc) is 2.42. The Balaban J connectivity index is 2.17. The van der Waals surface area contributed by atoms with Crippen molar-refractivity contribution in [2.45, 2.75) is 57.0 Å². The van der Waals surface area contributed by atoms with Gasteiger partial charge in [-0.2, -0.15) is 0 Å². The van der Waals surface area contributed by atoms with Gasteiger partial charge in [0.15, 0.2) is 0 Å². The third kappa shape index (κ3) is 1.85. The van der Waals surface area contributed by atoms with Gasteiger partial charge in [0, 0.05) is 0 Å². The van der Waals surface area contributed by atoms with Crippen molar-refractivity contribution < 1.29 is 9.59 Å². The molecule has 0 aromatic carbocycles. The third-order valence-corrected chi connectivity index (χ3v) is 3.50. The normalized spacial score (nSPS) is 30.6. The molecule has 2 N–H and O–H groups in total. The maximum Gasteiger partial charge on any atom is 0.246 e. The Labute approximate surface area is 89.8 Å². The molecule has 4 heteroatoms. The molecule has 1 saturated carbocycles. The lowest BCUT2D eigenvalue weighted by atomic mass is 9.86. The molecule has 0 radical (unpaired) electrons. The highest BCUT2D eigenvalue weighted by Gasteiger charge is 2.44. The van der Waals surface area contributed by atoms with Crippen molar-refractivity contribution in [3.63, 3.8) is 0 Å². The van der Waals surface area contributed by atoms with Crippen molar-refractivity contribution in [3.05, 3.63) is 0 Å². The zero-order valence-electron chi connectivity index (χ0n) is 9.14. The molecule has 2 rings (SSSR count). The second kappa shape index (κ2) is 3.83. The predicted molar refractivity (Wildman–Crippen MR) is 56.2 cm³/mol. The third-order valence-electron chi connectivity index (χ3n) is 3.50. The number of carbonyl (C=O) groups is 2. The Morgan fingerprint density at radius 1 is 1.13 bits per heavy atom. The fraction of sp³-hybridized carbons (Fsp3) is 0.818. The van der Waals surface area contributed by atoms with E-state index in [4.69, 9.17) is 0 Å². The predicted octanol–water partition coefficient (Wildman–Crippen LogP) is 0.714. The van der Waals surface area contributed by atoms with Crippen LogP contribution in [-0.4, -0.2) is 23.4 Å². The van der Waals surface area contributed by atoms with Gasteiger partial charge in [0.05, 0.1) is 0 Å². The molecule has 0 aromatic rings. The van der Waals surface area contributed by atoms with E-state index in [-0.39, 0.29) is 17.9 Å². The highest BCUT2D eigenvalue weighted by molar-refractivity contribution is 5.99. The lowest BCUT2D eigenvalue weighted by Gasteiger charge is -2.38. The molecule has 1 saturated heterocycles. The Kier molecular flexibility index (Phi) is 2.67. The standard InChI is InChI=1S/C11H18N2O2/c1-8-9(14)13-11(10(15)12-8)6-4-2-3-5-7-11/h8H,2-7H2,1H3,(H,12,15)(H,13,14)/t8-/m0/s1. The summed E-state index contributed by atoms with van der Waals surface area (Å²) in [5.41, 5.74) is -0.597. The minimum Gasteiger partial charge on any atom is -0.343 e. The van der Waals surface area contributed by atoms with Crippen molar-refractivity contribution in [2.24, 2.45) is 0 Å². The van der Waals surface area contributed by atoms with Gasteiger partial charge in [0.1, 0.15) is 11.6 Å². The fourth-order valence-corrected chi connectivity index (χ4v) is 2.49. The van der Waals surface area contributed by atoms with E-state index < -0.39 is 5.54 Å². The summed E-state index contributed by atoms with van der Waals surface area (Å²) in [5.74, 6) is -0.0343. The number of carbonyl (C=O) groups excluding carboxylic acids is 2. The van der Waals surface area contributed by atoms with Gasteiger partial charge in [-0.05, 0) is 19.8 Å². The summed E-state index contributed by atoms with van der Waals surface area (Å²) in [6, 6.07) is -0.383. The molecule has 0 bridgehead atoms. The molecule has 4 nitrogen and oxygen atoms in total. The van der Waals surface area contributed by atoms with Crippen LogP contribution in [0.15, 0.2) is 0 Å². The molecule has 0 aromatic heterocycles. The zero-order valence-corrected chi connectivity index (χ0v) is 9.14. The van der Waals surface area contributed by atoms with E-state index >= 15 is 0 Å². The fourth-order valence-electron chi connectivity index (χ4n) is 2.49. The van der Waals surface area contributed by atoms with E-state index in [1.54, 1.807) is 6.92 Å². The van der Waals surface area contributed by atoms with E-state index in [9.17, 15) is 9.59 Å². The first kappa shape index (κ1) is 10.5. The molecule has 2 amide bonds. The SMILES string of the molecule is C[C@@H]1NC(=O)C2(CCCCCC2)NC1=O. The topological polar surface area (TPSA) is 58.2 Å². The van der Waals surface area contributed by atoms with Crippen LogP contribution in [0.3, 0.4) is 0 Å². The lowest BCUT2D eigenvalue weighted by Crippen LogP contribution is -2.68. The highest BCUT2D eigenvalue weighted by atomic mass is 16.2. The van der Waals surface area contributed by atoms with Gasteiger partial charge >= 0.3 is 0 Å². The van der Waals surface area contributed by atoms with Crippen LogP contribution in [0.4, 0.5) is 0 Å². The Morgan fingerprint density at radius 3 is 2.33 bits per heavy atom. The molecule has 15 heavy (non-hydrogen) atoms. The average molecular weight is 210 g/mol. The summed E-state index contributed by atoms with van der Waals surface area (Å²) >= 11 is 0. The van der Waals surface area contributed by atoms with Gasteiger partial charge in [-0.1, -0.05) is 25.7 Å². The summed E-state index contributed by atoms with van der Waals surface area (Å²) in [7, 11) is 0. The maximum atomic E-state index is 12.0. The van der Waals surface area contributed by atoms with Crippen molar-refractivity contribution in [1.29, 1.82) is 0 Å². The van der Waals surface area contributed by atoms with Crippen LogP contribution in [0, 0.1) is 0 Å². The van der Waals surface area contributed by atoms with Crippen LogP contribution in [0.5, 0.6) is 0 Å². The van der Waals surface area contributed by atoms with Crippen molar-refractivity contribution >= 4 is 11.8 Å². The Bertz CT molecular complexity index is 280. The van der Waals surface area contributed by atoms with E-state index in [1.165, 1.54) is 12.8 Å². The first-order chi connectivity index (χ1) is 7.14. The quantitative estimate of drug-likeness (QED) is 0.618. The van der Waals surface area contributed by atoms with Crippen LogP contribution in [0.2, 0.25) is 0 Å². The van der Waals surface area contributed by atoms with Crippen LogP contribution in [0.1, 0.15) is 45.4 Å². The Hall–Kier alpha value is -1.06. The van der Waals surface area contributed by atoms with Gasteiger partial charge in [-0.3, -0.25) is 9.59 Å². The zero-order chi connectivity index (χ0) is 10.9. The van der Waals surface area contributed by atoms with E-state index in [0.29, 0.717) is 0 Å². The van der Waals surface area contributed by atoms with Crippen molar-refractivity contribution in [3.8, 4) is 0 Å². The summed E-state index contributed by atoms with van der Waals surface area (Å²) in [6.45, 7) is 1.72. The molecule has 1 spiro atoms. The van der Waals surface area contributed by atoms with Crippen LogP contribution >= 0.6 is 0 Å². The second-order valence-electron chi connectivity index (χ2n) is 4.68. The van der Waals surface area contributed by atoms with Gasteiger partial charge in [0.2, 0.25) is 11.8 Å². The minimum absolute atomic E-state index is 0.0106. The number of hydrogen-bond acceptors (Lipinski definition) is 2. The number of rotatable bonds is 0. The van der Waals surface area contributed by atoms with Crippen LogP contribution in [0.25, 0.3) is 0 Å². The summed E-state index contributed by atoms with van der Waals surface area (Å²) < 4.78 is 0. The minimum atomic E-state index is -0.597. The smallest absolute Gasteiger partial charge is 0.246 e. The van der Waals surface area contributed by atoms with Gasteiger partial charge in [-0.25, -0.2) is 0 Å². The number of hydrogen-bond donors (Lipinski definition) is 2. The van der Waals surface area contributed by atoms with Crippen molar-refractivity contribution in [2.75, 3.05) is 0 Å². The van der Waals surface area contributed by atoms with Gasteiger partial charge in [-0.15, -0.1) is 0 Å². The number of piperazine rings is 1. The maximum absolute atomic E-state index is 12.0. The largest absolute Gasteiger partial charge is 0.343 e. The highest BCUT2D eigenvalue weighted by Crippen LogP contribution is 2.29. The van der Waals surface area contributed by atoms with Crippen LogP contribution < -0.4 is 10.6 Å². The molecular formula is C11H18N2O2. The molecule has 0 unspecified atom stereocenters. The number of amides is 2. The van der Waals surface area contributed by atoms with E-state index in [2.05, 4.69) is 10.6 Å². The summed E-state index contributed by atoms with van der Waals surface area (Å²) in [4.78, 5) is 23.6. The summed E-state index contributed by atoms with van der Waals surface area (Å²) in [6.07, 6.45) is 5.97. The first-order valence-electron chi connectivity index (χ1n) is 5.77. The lowest BCUT2D eigenvalue weighted by molar-refractivity contribution is -0.141. The monoisotopic (exact) mass is 210 g/mol. The number of nitrogens with one attached hydrogen (secondary N) is 2. The molecule has 2 fully saturated rings. The molecule has 1 heterocycles. The molecule has 1 aliphatic heterocycles. The van der Waals surface area contributed by atoms with E-state index in [0.717, 1.165) is 25.7 Å². The molecule has 1 aliphatic carbocycles. The molecule has 1 atom stereocenters.